The van der Waals surface area contributed by atoms with E-state index in [9.17, 15) is 4.79 Å². The Labute approximate surface area is 261 Å². The number of aromatic amines is 1. The highest BCUT2D eigenvalue weighted by Gasteiger charge is 2.44. The van der Waals surface area contributed by atoms with Crippen LogP contribution in [-0.4, -0.2) is 31.1 Å². The van der Waals surface area contributed by atoms with Crippen molar-refractivity contribution in [3.8, 4) is 11.4 Å². The number of esters is 1. The van der Waals surface area contributed by atoms with Crippen molar-refractivity contribution in [2.24, 2.45) is 11.8 Å². The average Bonchev–Trinajstić information content (AvgIpc) is 3.50. The maximum atomic E-state index is 14.4. The van der Waals surface area contributed by atoms with E-state index in [1.54, 1.807) is 6.20 Å². The summed E-state index contributed by atoms with van der Waals surface area (Å²) in [4.78, 5) is 28.9. The number of hydrogen-bond acceptors (Lipinski definition) is 6. The molecule has 2 fully saturated rings. The Morgan fingerprint density at radius 2 is 1.55 bits per heavy atom. The summed E-state index contributed by atoms with van der Waals surface area (Å²) in [6, 6.07) is 16.0. The van der Waals surface area contributed by atoms with E-state index in [2.05, 4.69) is 37.8 Å². The molecule has 220 valence electrons. The van der Waals surface area contributed by atoms with Gasteiger partial charge in [0.1, 0.15) is 17.7 Å². The lowest BCUT2D eigenvalue weighted by molar-refractivity contribution is -0.153. The number of H-pyrrole nitrogens is 1. The molecule has 8 heteroatoms. The Morgan fingerprint density at radius 3 is 2.29 bits per heavy atom. The van der Waals surface area contributed by atoms with Crippen LogP contribution in [0.3, 0.4) is 0 Å². The molecule has 4 aromatic rings. The van der Waals surface area contributed by atoms with Gasteiger partial charge in [-0.15, -0.1) is 0 Å². The Bertz CT molecular complexity index is 1470. The first kappa shape index (κ1) is 29.2. The summed E-state index contributed by atoms with van der Waals surface area (Å²) in [6.07, 6.45) is 17.0. The second-order valence-electron chi connectivity index (χ2n) is 12.3. The minimum absolute atomic E-state index is 0.145. The molecule has 3 heterocycles. The largest absolute Gasteiger partial charge is 0.460 e. The highest BCUT2D eigenvalue weighted by atomic mass is 127. The zero-order valence-corrected chi connectivity index (χ0v) is 26.4. The van der Waals surface area contributed by atoms with Crippen molar-refractivity contribution >= 4 is 39.6 Å². The van der Waals surface area contributed by atoms with Gasteiger partial charge >= 0.3 is 5.97 Å². The summed E-state index contributed by atoms with van der Waals surface area (Å²) in [5, 5.41) is 7.99. The summed E-state index contributed by atoms with van der Waals surface area (Å²) in [6.45, 7) is 0.272. The predicted octanol–water partition coefficient (Wildman–Crippen LogP) is 8.33. The number of aromatic nitrogens is 5. The van der Waals surface area contributed by atoms with Crippen molar-refractivity contribution in [3.63, 3.8) is 0 Å². The molecule has 1 aromatic carbocycles. The van der Waals surface area contributed by atoms with E-state index in [1.807, 2.05) is 48.5 Å². The van der Waals surface area contributed by atoms with Gasteiger partial charge in [0.25, 0.3) is 0 Å². The van der Waals surface area contributed by atoms with E-state index in [4.69, 9.17) is 14.7 Å². The van der Waals surface area contributed by atoms with Crippen LogP contribution in [0.15, 0.2) is 54.7 Å². The fraction of sp³-hybridized carbons (Fsp3) is 0.500. The highest BCUT2D eigenvalue weighted by molar-refractivity contribution is 14.1. The van der Waals surface area contributed by atoms with Crippen LogP contribution in [0.2, 0.25) is 0 Å². The number of nitrogens with zero attached hydrogens (tertiary/aromatic N) is 4. The fourth-order valence-electron chi connectivity index (χ4n) is 7.02. The number of hydrogen-bond donors (Lipinski definition) is 1. The van der Waals surface area contributed by atoms with E-state index in [0.717, 1.165) is 53.7 Å². The second kappa shape index (κ2) is 13.6. The van der Waals surface area contributed by atoms with Crippen LogP contribution < -0.4 is 0 Å². The van der Waals surface area contributed by atoms with Crippen LogP contribution in [0.4, 0.5) is 0 Å². The molecule has 0 saturated heterocycles. The zero-order chi connectivity index (χ0) is 28.8. The molecule has 7 nitrogen and oxygen atoms in total. The minimum Gasteiger partial charge on any atom is -0.460 e. The molecular formula is C34H40IN5O2. The molecular weight excluding hydrogens is 637 g/mol. The molecule has 2 unspecified atom stereocenters. The van der Waals surface area contributed by atoms with Crippen LogP contribution in [0.5, 0.6) is 0 Å². The van der Waals surface area contributed by atoms with E-state index in [1.165, 1.54) is 57.8 Å². The third-order valence-electron chi connectivity index (χ3n) is 9.53. The fourth-order valence-corrected chi connectivity index (χ4v) is 7.50. The zero-order valence-electron chi connectivity index (χ0n) is 24.2. The van der Waals surface area contributed by atoms with Gasteiger partial charge in [0.15, 0.2) is 9.48 Å². The number of rotatable bonds is 5. The molecule has 6 rings (SSSR count). The van der Waals surface area contributed by atoms with Crippen molar-refractivity contribution in [2.75, 3.05) is 0 Å². The Hall–Kier alpha value is -2.88. The number of fused-ring (bicyclic) bond motifs is 4. The third kappa shape index (κ3) is 6.68. The van der Waals surface area contributed by atoms with Gasteiger partial charge in [0.05, 0.1) is 23.0 Å². The number of carbonyl (C=O) groups is 1. The number of nitrogens with one attached hydrogen (secondary N) is 1. The van der Waals surface area contributed by atoms with Gasteiger partial charge in [0, 0.05) is 22.6 Å². The maximum Gasteiger partial charge on any atom is 0.318 e. The molecule has 2 atom stereocenters. The van der Waals surface area contributed by atoms with Crippen molar-refractivity contribution in [2.45, 2.75) is 95.5 Å². The van der Waals surface area contributed by atoms with Gasteiger partial charge < -0.3 is 4.74 Å². The topological polar surface area (TPSA) is 93.7 Å². The van der Waals surface area contributed by atoms with Gasteiger partial charge in [-0.25, -0.2) is 15.0 Å². The SMILES string of the molecule is O=C(OCc1ccccc1)C1(c2cccc(-c3nc(I)nc4[nH]ncc34)n2)CCC2CCCCCCCC(CC2)CC1. The van der Waals surface area contributed by atoms with Crippen LogP contribution in [0, 0.1) is 15.7 Å². The highest BCUT2D eigenvalue weighted by Crippen LogP contribution is 2.43. The van der Waals surface area contributed by atoms with E-state index < -0.39 is 5.41 Å². The van der Waals surface area contributed by atoms with Gasteiger partial charge in [-0.05, 0) is 55.2 Å². The molecule has 0 radical (unpaired) electrons. The molecule has 2 aliphatic rings. The second-order valence-corrected chi connectivity index (χ2v) is 13.2. The number of ether oxygens (including phenoxy) is 1. The Balaban J connectivity index is 1.40. The van der Waals surface area contributed by atoms with Crippen molar-refractivity contribution in [1.82, 2.24) is 25.1 Å². The predicted molar refractivity (Wildman–Crippen MR) is 173 cm³/mol. The minimum atomic E-state index is -0.800. The first-order valence-corrected chi connectivity index (χ1v) is 16.7. The van der Waals surface area contributed by atoms with E-state index >= 15 is 0 Å². The molecule has 2 saturated carbocycles. The van der Waals surface area contributed by atoms with Crippen molar-refractivity contribution in [1.29, 1.82) is 0 Å². The molecule has 0 aliphatic heterocycles. The third-order valence-corrected chi connectivity index (χ3v) is 10.0. The summed E-state index contributed by atoms with van der Waals surface area (Å²) >= 11 is 2.13. The van der Waals surface area contributed by atoms with Crippen LogP contribution in [0.1, 0.15) is 94.7 Å². The van der Waals surface area contributed by atoms with Crippen molar-refractivity contribution in [3.05, 3.63) is 69.8 Å². The van der Waals surface area contributed by atoms with Gasteiger partial charge in [0.2, 0.25) is 0 Å². The van der Waals surface area contributed by atoms with E-state index in [-0.39, 0.29) is 12.6 Å². The normalized spacial score (nSPS) is 23.8. The molecule has 42 heavy (non-hydrogen) atoms. The van der Waals surface area contributed by atoms with Crippen LogP contribution in [-0.2, 0) is 21.6 Å². The molecule has 1 N–H and O–H groups in total. The summed E-state index contributed by atoms with van der Waals surface area (Å²) in [5.74, 6) is 1.14. The maximum absolute atomic E-state index is 14.4. The Morgan fingerprint density at radius 1 is 0.833 bits per heavy atom. The first-order valence-electron chi connectivity index (χ1n) is 15.7. The van der Waals surface area contributed by atoms with E-state index in [0.29, 0.717) is 21.3 Å². The monoisotopic (exact) mass is 677 g/mol. The summed E-state index contributed by atoms with van der Waals surface area (Å²) < 4.78 is 6.81. The summed E-state index contributed by atoms with van der Waals surface area (Å²) in [5.41, 5.74) is 3.15. The van der Waals surface area contributed by atoms with Crippen molar-refractivity contribution < 1.29 is 9.53 Å². The number of benzene rings is 1. The van der Waals surface area contributed by atoms with Gasteiger partial charge in [-0.2, -0.15) is 5.10 Å². The molecule has 0 spiro atoms. The average molecular weight is 678 g/mol. The molecule has 0 amide bonds. The Kier molecular flexibility index (Phi) is 9.46. The number of pyridine rings is 1. The first-order chi connectivity index (χ1) is 20.6. The van der Waals surface area contributed by atoms with Crippen LogP contribution in [0.25, 0.3) is 22.4 Å². The number of carbonyl (C=O) groups excluding carboxylic acids is 1. The lowest BCUT2D eigenvalue weighted by atomic mass is 9.73. The number of halogens is 1. The van der Waals surface area contributed by atoms with Gasteiger partial charge in [-0.1, -0.05) is 94.2 Å². The molecule has 3 aromatic heterocycles. The summed E-state index contributed by atoms with van der Waals surface area (Å²) in [7, 11) is 0. The molecule has 2 bridgehead atoms. The van der Waals surface area contributed by atoms with Gasteiger partial charge in [-0.3, -0.25) is 9.89 Å². The lowest BCUT2D eigenvalue weighted by Crippen LogP contribution is -2.39. The lowest BCUT2D eigenvalue weighted by Gasteiger charge is -2.33. The molecule has 2 aliphatic carbocycles. The smallest absolute Gasteiger partial charge is 0.318 e. The van der Waals surface area contributed by atoms with Crippen LogP contribution >= 0.6 is 22.6 Å². The standard InChI is InChI=1S/C34H40IN5O2/c35-33-38-30(27-22-36-40-31(27)39-33)28-14-9-15-29(37-28)34(32(41)42-23-26-12-7-4-8-13-26)20-18-24-10-5-2-1-3-6-11-25(17-16-24)19-21-34/h4,7-9,12-15,22,24-25H,1-3,5-6,10-11,16-21,23H2,(H,36,38,39,40). The quantitative estimate of drug-likeness (QED) is 0.130.